The molecule has 2 rings (SSSR count). The summed E-state index contributed by atoms with van der Waals surface area (Å²) in [5, 5.41) is 21.3. The molecule has 2 nitrogen and oxygen atoms in total. The van der Waals surface area contributed by atoms with Crippen molar-refractivity contribution in [3.8, 4) is 11.5 Å². The van der Waals surface area contributed by atoms with Crippen LogP contribution in [-0.2, 0) is 30.1 Å². The van der Waals surface area contributed by atoms with Gasteiger partial charge in [-0.3, -0.25) is 0 Å². The molecule has 2 aromatic carbocycles. The summed E-state index contributed by atoms with van der Waals surface area (Å²) in [6.07, 6.45) is 2.42. The molecule has 0 bridgehead atoms. The first kappa shape index (κ1) is 21.3. The van der Waals surface area contributed by atoms with Crippen LogP contribution in [0.2, 0.25) is 0 Å². The Bertz CT molecular complexity index is 748. The minimum absolute atomic E-state index is 0.107. The molecule has 0 amide bonds. The molecule has 0 spiro atoms. The SMILES string of the molecule is CCc1cc(Cc2cc(CC)c(O)c(C(C)(C)C)c2)cc(C(C)(C)C)c1O. The molecule has 27 heavy (non-hydrogen) atoms. The van der Waals surface area contributed by atoms with Gasteiger partial charge in [0.25, 0.3) is 0 Å². The number of hydrogen-bond acceptors (Lipinski definition) is 2. The van der Waals surface area contributed by atoms with Crippen LogP contribution >= 0.6 is 0 Å². The van der Waals surface area contributed by atoms with Crippen molar-refractivity contribution >= 4 is 0 Å². The van der Waals surface area contributed by atoms with Gasteiger partial charge in [0, 0.05) is 0 Å². The Morgan fingerprint density at radius 2 is 0.963 bits per heavy atom. The Hall–Kier alpha value is -1.96. The summed E-state index contributed by atoms with van der Waals surface area (Å²) in [4.78, 5) is 0. The Morgan fingerprint density at radius 1 is 0.630 bits per heavy atom. The molecule has 0 saturated heterocycles. The standard InChI is InChI=1S/C25H36O2/c1-9-18-12-16(14-20(22(18)26)24(3,4)5)11-17-13-19(10-2)23(27)21(15-17)25(6,7)8/h12-15,26-27H,9-11H2,1-8H3. The van der Waals surface area contributed by atoms with E-state index >= 15 is 0 Å². The van der Waals surface area contributed by atoms with Crippen LogP contribution in [0.1, 0.15) is 88.8 Å². The van der Waals surface area contributed by atoms with Gasteiger partial charge in [-0.25, -0.2) is 0 Å². The number of benzene rings is 2. The average molecular weight is 369 g/mol. The second-order valence-electron chi connectivity index (χ2n) is 9.69. The van der Waals surface area contributed by atoms with Gasteiger partial charge in [0.15, 0.2) is 0 Å². The van der Waals surface area contributed by atoms with Crippen molar-refractivity contribution in [1.82, 2.24) is 0 Å². The predicted octanol–water partition coefficient (Wildman–Crippen LogP) is 6.41. The monoisotopic (exact) mass is 368 g/mol. The smallest absolute Gasteiger partial charge is 0.122 e. The fourth-order valence-electron chi connectivity index (χ4n) is 3.64. The van der Waals surface area contributed by atoms with Crippen LogP contribution in [0, 0.1) is 0 Å². The summed E-state index contributed by atoms with van der Waals surface area (Å²) in [6.45, 7) is 17.0. The van der Waals surface area contributed by atoms with Crippen LogP contribution in [0.3, 0.4) is 0 Å². The van der Waals surface area contributed by atoms with Gasteiger partial charge >= 0.3 is 0 Å². The maximum atomic E-state index is 10.7. The number of phenolic OH excluding ortho intramolecular Hbond substituents is 2. The third-order valence-electron chi connectivity index (χ3n) is 5.28. The van der Waals surface area contributed by atoms with Crippen LogP contribution in [0.5, 0.6) is 11.5 Å². The summed E-state index contributed by atoms with van der Waals surface area (Å²) in [5.41, 5.74) is 6.22. The van der Waals surface area contributed by atoms with Crippen LogP contribution < -0.4 is 0 Å². The second kappa shape index (κ2) is 7.58. The van der Waals surface area contributed by atoms with Crippen LogP contribution in [0.25, 0.3) is 0 Å². The van der Waals surface area contributed by atoms with E-state index in [0.29, 0.717) is 11.5 Å². The minimum atomic E-state index is -0.107. The first-order valence-electron chi connectivity index (χ1n) is 10.1. The minimum Gasteiger partial charge on any atom is -0.507 e. The zero-order valence-electron chi connectivity index (χ0n) is 18.3. The number of hydrogen-bond donors (Lipinski definition) is 2. The maximum Gasteiger partial charge on any atom is 0.122 e. The summed E-state index contributed by atoms with van der Waals surface area (Å²) in [6, 6.07) is 8.53. The molecular weight excluding hydrogens is 332 g/mol. The number of phenols is 2. The molecule has 0 aliphatic rings. The summed E-state index contributed by atoms with van der Waals surface area (Å²) in [7, 11) is 0. The Morgan fingerprint density at radius 3 is 1.22 bits per heavy atom. The third-order valence-corrected chi connectivity index (χ3v) is 5.28. The number of rotatable bonds is 4. The molecule has 0 saturated carbocycles. The third kappa shape index (κ3) is 4.66. The van der Waals surface area contributed by atoms with Crippen molar-refractivity contribution < 1.29 is 10.2 Å². The van der Waals surface area contributed by atoms with Crippen molar-refractivity contribution in [3.63, 3.8) is 0 Å². The predicted molar refractivity (Wildman–Crippen MR) is 115 cm³/mol. The van der Waals surface area contributed by atoms with Crippen molar-refractivity contribution in [2.24, 2.45) is 0 Å². The van der Waals surface area contributed by atoms with E-state index in [-0.39, 0.29) is 10.8 Å². The lowest BCUT2D eigenvalue weighted by Crippen LogP contribution is -2.14. The van der Waals surface area contributed by atoms with Crippen LogP contribution in [0.4, 0.5) is 0 Å². The molecular formula is C25H36O2. The molecule has 0 atom stereocenters. The van der Waals surface area contributed by atoms with Crippen LogP contribution in [-0.4, -0.2) is 10.2 Å². The lowest BCUT2D eigenvalue weighted by molar-refractivity contribution is 0.440. The molecule has 0 aliphatic heterocycles. The van der Waals surface area contributed by atoms with Gasteiger partial charge in [-0.15, -0.1) is 0 Å². The van der Waals surface area contributed by atoms with Crippen molar-refractivity contribution in [2.45, 2.75) is 85.5 Å². The van der Waals surface area contributed by atoms with Crippen molar-refractivity contribution in [2.75, 3.05) is 0 Å². The van der Waals surface area contributed by atoms with E-state index in [4.69, 9.17) is 0 Å². The molecule has 0 heterocycles. The zero-order chi connectivity index (χ0) is 20.6. The fraction of sp³-hybridized carbons (Fsp3) is 0.520. The van der Waals surface area contributed by atoms with E-state index < -0.39 is 0 Å². The zero-order valence-corrected chi connectivity index (χ0v) is 18.3. The van der Waals surface area contributed by atoms with E-state index in [9.17, 15) is 10.2 Å². The van der Waals surface area contributed by atoms with Gasteiger partial charge in [-0.2, -0.15) is 0 Å². The van der Waals surface area contributed by atoms with Crippen molar-refractivity contribution in [3.05, 3.63) is 57.6 Å². The largest absolute Gasteiger partial charge is 0.507 e. The summed E-state index contributed by atoms with van der Waals surface area (Å²) >= 11 is 0. The van der Waals surface area contributed by atoms with E-state index in [2.05, 4.69) is 79.7 Å². The lowest BCUT2D eigenvalue weighted by atomic mass is 9.81. The molecule has 2 aromatic rings. The van der Waals surface area contributed by atoms with Crippen molar-refractivity contribution in [1.29, 1.82) is 0 Å². The topological polar surface area (TPSA) is 40.5 Å². The molecule has 0 aromatic heterocycles. The van der Waals surface area contributed by atoms with Gasteiger partial charge in [0.05, 0.1) is 0 Å². The van der Waals surface area contributed by atoms with Gasteiger partial charge in [-0.05, 0) is 63.5 Å². The highest BCUT2D eigenvalue weighted by Gasteiger charge is 2.23. The molecule has 0 fully saturated rings. The molecule has 148 valence electrons. The highest BCUT2D eigenvalue weighted by atomic mass is 16.3. The van der Waals surface area contributed by atoms with Gasteiger partial charge in [0.2, 0.25) is 0 Å². The normalized spacial score (nSPS) is 12.4. The fourth-order valence-corrected chi connectivity index (χ4v) is 3.64. The van der Waals surface area contributed by atoms with Crippen LogP contribution in [0.15, 0.2) is 24.3 Å². The molecule has 0 aliphatic carbocycles. The van der Waals surface area contributed by atoms with E-state index in [1.807, 2.05) is 0 Å². The summed E-state index contributed by atoms with van der Waals surface area (Å²) < 4.78 is 0. The van der Waals surface area contributed by atoms with E-state index in [1.165, 1.54) is 11.1 Å². The quantitative estimate of drug-likeness (QED) is 0.655. The molecule has 2 N–H and O–H groups in total. The number of aryl methyl sites for hydroxylation is 2. The van der Waals surface area contributed by atoms with Gasteiger partial charge in [0.1, 0.15) is 11.5 Å². The molecule has 2 heteroatoms. The second-order valence-corrected chi connectivity index (χ2v) is 9.69. The first-order chi connectivity index (χ1) is 12.4. The Kier molecular flexibility index (Phi) is 5.99. The summed E-state index contributed by atoms with van der Waals surface area (Å²) in [5.74, 6) is 0.869. The Balaban J connectivity index is 2.57. The molecule has 0 radical (unpaired) electrons. The van der Waals surface area contributed by atoms with Gasteiger partial charge in [-0.1, -0.05) is 79.7 Å². The maximum absolute atomic E-state index is 10.7. The van der Waals surface area contributed by atoms with E-state index in [1.54, 1.807) is 0 Å². The average Bonchev–Trinajstić information content (AvgIpc) is 2.55. The Labute approximate surface area is 165 Å². The molecule has 0 unspecified atom stereocenters. The highest BCUT2D eigenvalue weighted by Crippen LogP contribution is 2.37. The lowest BCUT2D eigenvalue weighted by Gasteiger charge is -2.25. The van der Waals surface area contributed by atoms with Gasteiger partial charge < -0.3 is 10.2 Å². The van der Waals surface area contributed by atoms with E-state index in [0.717, 1.165) is 41.5 Å². The number of aromatic hydroxyl groups is 2. The highest BCUT2D eigenvalue weighted by molar-refractivity contribution is 5.51. The first-order valence-corrected chi connectivity index (χ1v) is 10.1.